The monoisotopic (exact) mass is 263 g/mol. The molecule has 1 aromatic rings. The summed E-state index contributed by atoms with van der Waals surface area (Å²) >= 11 is 0. The fourth-order valence-corrected chi connectivity index (χ4v) is 2.89. The smallest absolute Gasteiger partial charge is 0.0675 e. The first-order valence-corrected chi connectivity index (χ1v) is 7.11. The summed E-state index contributed by atoms with van der Waals surface area (Å²) in [7, 11) is 0. The quantitative estimate of drug-likeness (QED) is 0.877. The highest BCUT2D eigenvalue weighted by Crippen LogP contribution is 2.36. The minimum absolute atomic E-state index is 0.139. The van der Waals surface area contributed by atoms with Crippen LogP contribution in [0.1, 0.15) is 38.7 Å². The Bertz CT molecular complexity index is 435. The van der Waals surface area contributed by atoms with Gasteiger partial charge < -0.3 is 15.2 Å². The third-order valence-corrected chi connectivity index (χ3v) is 4.22. The third kappa shape index (κ3) is 3.28. The third-order valence-electron chi connectivity index (χ3n) is 4.22. The number of nitrogens with one attached hydrogen (secondary N) is 1. The second kappa shape index (κ2) is 5.51. The number of hydrogen-bond donors (Lipinski definition) is 2. The van der Waals surface area contributed by atoms with Crippen molar-refractivity contribution in [3.8, 4) is 0 Å². The van der Waals surface area contributed by atoms with Crippen molar-refractivity contribution in [1.29, 1.82) is 0 Å². The molecule has 19 heavy (non-hydrogen) atoms. The zero-order valence-corrected chi connectivity index (χ0v) is 12.2. The van der Waals surface area contributed by atoms with Crippen LogP contribution < -0.4 is 5.32 Å². The van der Waals surface area contributed by atoms with Crippen LogP contribution in [-0.2, 0) is 4.74 Å². The molecule has 0 aliphatic carbocycles. The SMILES string of the molecule is CCC1(C)CC(CO)(Nc2cccc(C)c2)CCO1. The predicted molar refractivity (Wildman–Crippen MR) is 78.5 cm³/mol. The van der Waals surface area contributed by atoms with E-state index in [1.165, 1.54) is 5.56 Å². The minimum Gasteiger partial charge on any atom is -0.394 e. The van der Waals surface area contributed by atoms with E-state index in [1.54, 1.807) is 0 Å². The molecule has 1 heterocycles. The Labute approximate surface area is 116 Å². The first kappa shape index (κ1) is 14.4. The second-order valence-electron chi connectivity index (χ2n) is 6.01. The molecule has 1 aliphatic heterocycles. The molecule has 1 aliphatic rings. The van der Waals surface area contributed by atoms with Gasteiger partial charge in [-0.15, -0.1) is 0 Å². The number of aliphatic hydroxyl groups is 1. The lowest BCUT2D eigenvalue weighted by Gasteiger charge is -2.46. The Hall–Kier alpha value is -1.06. The van der Waals surface area contributed by atoms with Gasteiger partial charge in [-0.1, -0.05) is 19.1 Å². The number of aliphatic hydroxyl groups excluding tert-OH is 1. The highest BCUT2D eigenvalue weighted by molar-refractivity contribution is 5.48. The molecule has 0 bridgehead atoms. The van der Waals surface area contributed by atoms with Crippen LogP contribution >= 0.6 is 0 Å². The lowest BCUT2D eigenvalue weighted by molar-refractivity contribution is -0.0973. The molecule has 2 N–H and O–H groups in total. The molecule has 0 amide bonds. The fourth-order valence-electron chi connectivity index (χ4n) is 2.89. The molecule has 0 aromatic heterocycles. The number of aryl methyl sites for hydroxylation is 1. The van der Waals surface area contributed by atoms with Gasteiger partial charge in [0.25, 0.3) is 0 Å². The van der Waals surface area contributed by atoms with E-state index < -0.39 is 0 Å². The number of rotatable bonds is 4. The van der Waals surface area contributed by atoms with Crippen LogP contribution in [-0.4, -0.2) is 29.5 Å². The normalized spacial score (nSPS) is 31.2. The van der Waals surface area contributed by atoms with Crippen LogP contribution in [0.5, 0.6) is 0 Å². The van der Waals surface area contributed by atoms with E-state index in [-0.39, 0.29) is 17.7 Å². The number of hydrogen-bond acceptors (Lipinski definition) is 3. The van der Waals surface area contributed by atoms with Crippen LogP contribution in [0.2, 0.25) is 0 Å². The van der Waals surface area contributed by atoms with E-state index in [0.29, 0.717) is 6.61 Å². The van der Waals surface area contributed by atoms with Gasteiger partial charge in [0, 0.05) is 18.7 Å². The average molecular weight is 263 g/mol. The lowest BCUT2D eigenvalue weighted by Crippen LogP contribution is -2.54. The Morgan fingerprint density at radius 1 is 1.42 bits per heavy atom. The van der Waals surface area contributed by atoms with Gasteiger partial charge in [-0.25, -0.2) is 0 Å². The van der Waals surface area contributed by atoms with Crippen LogP contribution in [0.4, 0.5) is 5.69 Å². The molecule has 2 rings (SSSR count). The standard InChI is InChI=1S/C16H25NO2/c1-4-15(3)11-16(12-18,8-9-19-15)17-14-7-5-6-13(2)10-14/h5-7,10,17-18H,4,8-9,11-12H2,1-3H3. The molecule has 1 fully saturated rings. The van der Waals surface area contributed by atoms with E-state index in [1.807, 2.05) is 6.07 Å². The van der Waals surface area contributed by atoms with Gasteiger partial charge in [-0.3, -0.25) is 0 Å². The Balaban J connectivity index is 2.18. The highest BCUT2D eigenvalue weighted by atomic mass is 16.5. The molecule has 1 saturated heterocycles. The van der Waals surface area contributed by atoms with Crippen molar-refractivity contribution in [3.05, 3.63) is 29.8 Å². The maximum Gasteiger partial charge on any atom is 0.0675 e. The topological polar surface area (TPSA) is 41.5 Å². The van der Waals surface area contributed by atoms with E-state index in [9.17, 15) is 5.11 Å². The second-order valence-corrected chi connectivity index (χ2v) is 6.01. The summed E-state index contributed by atoms with van der Waals surface area (Å²) in [5.74, 6) is 0. The largest absolute Gasteiger partial charge is 0.394 e. The van der Waals surface area contributed by atoms with Gasteiger partial charge in [0.1, 0.15) is 0 Å². The fraction of sp³-hybridized carbons (Fsp3) is 0.625. The molecule has 3 nitrogen and oxygen atoms in total. The molecule has 0 saturated carbocycles. The van der Waals surface area contributed by atoms with Crippen molar-refractivity contribution in [3.63, 3.8) is 0 Å². The van der Waals surface area contributed by atoms with Crippen molar-refractivity contribution in [2.24, 2.45) is 0 Å². The van der Waals surface area contributed by atoms with Gasteiger partial charge in [0.2, 0.25) is 0 Å². The van der Waals surface area contributed by atoms with Crippen molar-refractivity contribution in [2.45, 2.75) is 51.2 Å². The minimum atomic E-state index is -0.267. The van der Waals surface area contributed by atoms with Gasteiger partial charge >= 0.3 is 0 Å². The lowest BCUT2D eigenvalue weighted by atomic mass is 9.79. The van der Waals surface area contributed by atoms with E-state index in [2.05, 4.69) is 44.3 Å². The maximum absolute atomic E-state index is 9.88. The highest BCUT2D eigenvalue weighted by Gasteiger charge is 2.42. The van der Waals surface area contributed by atoms with Crippen molar-refractivity contribution in [2.75, 3.05) is 18.5 Å². The molecule has 2 unspecified atom stereocenters. The van der Waals surface area contributed by atoms with Crippen LogP contribution in [0.15, 0.2) is 24.3 Å². The number of benzene rings is 1. The first-order valence-electron chi connectivity index (χ1n) is 7.11. The predicted octanol–water partition coefficient (Wildman–Crippen LogP) is 3.12. The van der Waals surface area contributed by atoms with Crippen LogP contribution in [0.25, 0.3) is 0 Å². The average Bonchev–Trinajstić information content (AvgIpc) is 2.39. The van der Waals surface area contributed by atoms with Crippen molar-refractivity contribution < 1.29 is 9.84 Å². The Kier molecular flexibility index (Phi) is 4.16. The summed E-state index contributed by atoms with van der Waals surface area (Å²) in [6.45, 7) is 7.19. The Morgan fingerprint density at radius 2 is 2.21 bits per heavy atom. The van der Waals surface area contributed by atoms with E-state index >= 15 is 0 Å². The van der Waals surface area contributed by atoms with E-state index in [4.69, 9.17) is 4.74 Å². The van der Waals surface area contributed by atoms with Crippen molar-refractivity contribution >= 4 is 5.69 Å². The molecule has 3 heteroatoms. The van der Waals surface area contributed by atoms with Gasteiger partial charge in [0.05, 0.1) is 17.7 Å². The number of anilines is 1. The molecular formula is C16H25NO2. The summed E-state index contributed by atoms with van der Waals surface area (Å²) in [5.41, 5.74) is 1.90. The summed E-state index contributed by atoms with van der Waals surface area (Å²) < 4.78 is 5.88. The molecule has 0 spiro atoms. The first-order chi connectivity index (χ1) is 9.01. The summed E-state index contributed by atoms with van der Waals surface area (Å²) in [4.78, 5) is 0. The van der Waals surface area contributed by atoms with Gasteiger partial charge in [0.15, 0.2) is 0 Å². The van der Waals surface area contributed by atoms with Gasteiger partial charge in [-0.05, 0) is 44.4 Å². The summed E-state index contributed by atoms with van der Waals surface area (Å²) in [6, 6.07) is 8.30. The maximum atomic E-state index is 9.88. The van der Waals surface area contributed by atoms with Gasteiger partial charge in [-0.2, -0.15) is 0 Å². The zero-order valence-electron chi connectivity index (χ0n) is 12.2. The van der Waals surface area contributed by atoms with Crippen LogP contribution in [0, 0.1) is 6.92 Å². The summed E-state index contributed by atoms with van der Waals surface area (Å²) in [6.07, 6.45) is 2.64. The number of ether oxygens (including phenoxy) is 1. The molecule has 2 atom stereocenters. The Morgan fingerprint density at radius 3 is 2.84 bits per heavy atom. The zero-order chi connectivity index (χ0) is 13.9. The van der Waals surface area contributed by atoms with Crippen LogP contribution in [0.3, 0.4) is 0 Å². The molecular weight excluding hydrogens is 238 g/mol. The molecule has 0 radical (unpaired) electrons. The van der Waals surface area contributed by atoms with E-state index in [0.717, 1.165) is 24.9 Å². The molecule has 106 valence electrons. The molecule has 1 aromatic carbocycles. The van der Waals surface area contributed by atoms with Crippen molar-refractivity contribution in [1.82, 2.24) is 0 Å². The summed E-state index contributed by atoms with van der Waals surface area (Å²) in [5, 5.41) is 13.4.